The number of amides is 1. The molecule has 0 unspecified atom stereocenters. The van der Waals surface area contributed by atoms with E-state index in [0.717, 1.165) is 5.69 Å². The number of carbonyl (C=O) groups excluding carboxylic acids is 1. The first-order valence-electron chi connectivity index (χ1n) is 7.82. The van der Waals surface area contributed by atoms with Crippen LogP contribution in [0.15, 0.2) is 30.0 Å². The van der Waals surface area contributed by atoms with Crippen LogP contribution >= 0.6 is 11.3 Å². The van der Waals surface area contributed by atoms with Crippen molar-refractivity contribution < 1.29 is 4.79 Å². The summed E-state index contributed by atoms with van der Waals surface area (Å²) in [6.07, 6.45) is 10.4. The van der Waals surface area contributed by atoms with Gasteiger partial charge in [-0.3, -0.25) is 4.79 Å². The number of nitrogens with one attached hydrogen (secondary N) is 1. The number of nitrogens with zero attached hydrogens (tertiary/aromatic N) is 4. The smallest absolute Gasteiger partial charge is 0.230 e. The molecule has 118 valence electrons. The Morgan fingerprint density at radius 1 is 1.39 bits per heavy atom. The van der Waals surface area contributed by atoms with Crippen LogP contribution in [-0.2, 0) is 11.2 Å². The third kappa shape index (κ3) is 2.96. The van der Waals surface area contributed by atoms with Crippen LogP contribution in [0.3, 0.4) is 0 Å². The van der Waals surface area contributed by atoms with Crippen molar-refractivity contribution in [3.05, 3.63) is 40.7 Å². The van der Waals surface area contributed by atoms with E-state index in [9.17, 15) is 4.79 Å². The number of rotatable bonds is 4. The molecule has 3 aromatic heterocycles. The lowest BCUT2D eigenvalue weighted by atomic mass is 10.1. The quantitative estimate of drug-likeness (QED) is 0.799. The van der Waals surface area contributed by atoms with Crippen LogP contribution in [0.5, 0.6) is 0 Å². The fourth-order valence-electron chi connectivity index (χ4n) is 3.04. The maximum atomic E-state index is 12.2. The summed E-state index contributed by atoms with van der Waals surface area (Å²) >= 11 is 1.68. The molecule has 1 amide bonds. The molecule has 0 atom stereocenters. The Bertz CT molecular complexity index is 834. The molecule has 7 heteroatoms. The van der Waals surface area contributed by atoms with Gasteiger partial charge in [0.1, 0.15) is 5.69 Å². The average molecular weight is 327 g/mol. The fourth-order valence-corrected chi connectivity index (χ4v) is 4.03. The molecule has 1 aliphatic carbocycles. The molecule has 0 spiro atoms. The molecular weight excluding hydrogens is 310 g/mol. The van der Waals surface area contributed by atoms with E-state index in [1.54, 1.807) is 40.5 Å². The van der Waals surface area contributed by atoms with Gasteiger partial charge in [-0.15, -0.1) is 11.3 Å². The minimum absolute atomic E-state index is 0.0891. The Kier molecular flexibility index (Phi) is 3.78. The Morgan fingerprint density at radius 3 is 3.13 bits per heavy atom. The molecule has 1 aliphatic rings. The molecule has 0 radical (unpaired) electrons. The van der Waals surface area contributed by atoms with Gasteiger partial charge in [-0.05, 0) is 18.9 Å². The van der Waals surface area contributed by atoms with Gasteiger partial charge in [-0.25, -0.2) is 14.5 Å². The number of hydrogen-bond acceptors (Lipinski definition) is 5. The largest absolute Gasteiger partial charge is 0.321 e. The van der Waals surface area contributed by atoms with E-state index < -0.39 is 0 Å². The lowest BCUT2D eigenvalue weighted by Crippen LogP contribution is -2.14. The fraction of sp³-hybridized carbons (Fsp3) is 0.375. The van der Waals surface area contributed by atoms with E-state index in [0.29, 0.717) is 17.3 Å². The summed E-state index contributed by atoms with van der Waals surface area (Å²) in [6.45, 7) is 0. The highest BCUT2D eigenvalue weighted by Crippen LogP contribution is 2.35. The number of thiazole rings is 1. The van der Waals surface area contributed by atoms with E-state index >= 15 is 0 Å². The van der Waals surface area contributed by atoms with E-state index in [4.69, 9.17) is 0 Å². The van der Waals surface area contributed by atoms with Crippen molar-refractivity contribution in [2.24, 2.45) is 0 Å². The molecule has 0 bridgehead atoms. The minimum atomic E-state index is -0.0891. The van der Waals surface area contributed by atoms with Gasteiger partial charge in [-0.1, -0.05) is 12.8 Å². The second-order valence-electron chi connectivity index (χ2n) is 5.83. The van der Waals surface area contributed by atoms with Crippen molar-refractivity contribution in [1.82, 2.24) is 19.6 Å². The normalized spacial score (nSPS) is 15.3. The number of anilines is 1. The predicted octanol–water partition coefficient (Wildman–Crippen LogP) is 3.02. The van der Waals surface area contributed by atoms with E-state index in [1.807, 2.05) is 5.38 Å². The topological polar surface area (TPSA) is 72.2 Å². The van der Waals surface area contributed by atoms with Crippen LogP contribution in [0.4, 0.5) is 5.69 Å². The minimum Gasteiger partial charge on any atom is -0.321 e. The Morgan fingerprint density at radius 2 is 2.26 bits per heavy atom. The summed E-state index contributed by atoms with van der Waals surface area (Å²) in [4.78, 5) is 21.1. The number of fused-ring (bicyclic) bond motifs is 1. The molecule has 0 saturated heterocycles. The van der Waals surface area contributed by atoms with Crippen LogP contribution in [-0.4, -0.2) is 25.5 Å². The lowest BCUT2D eigenvalue weighted by Gasteiger charge is -2.03. The van der Waals surface area contributed by atoms with Gasteiger partial charge in [0, 0.05) is 23.7 Å². The van der Waals surface area contributed by atoms with E-state index in [2.05, 4.69) is 20.4 Å². The van der Waals surface area contributed by atoms with Crippen molar-refractivity contribution in [3.63, 3.8) is 0 Å². The molecular formula is C16H17N5OS. The lowest BCUT2D eigenvalue weighted by molar-refractivity contribution is -0.115. The molecule has 4 rings (SSSR count). The van der Waals surface area contributed by atoms with Crippen LogP contribution in [0.1, 0.15) is 42.3 Å². The summed E-state index contributed by atoms with van der Waals surface area (Å²) in [6, 6.07) is 1.80. The highest BCUT2D eigenvalue weighted by atomic mass is 32.1. The van der Waals surface area contributed by atoms with Crippen LogP contribution in [0.2, 0.25) is 0 Å². The Labute approximate surface area is 137 Å². The molecule has 1 N–H and O–H groups in total. The molecule has 1 fully saturated rings. The summed E-state index contributed by atoms with van der Waals surface area (Å²) in [7, 11) is 0. The maximum Gasteiger partial charge on any atom is 0.230 e. The first-order valence-corrected chi connectivity index (χ1v) is 8.70. The Balaban J connectivity index is 1.43. The molecule has 0 aliphatic heterocycles. The summed E-state index contributed by atoms with van der Waals surface area (Å²) in [5.41, 5.74) is 2.12. The number of hydrogen-bond donors (Lipinski definition) is 1. The zero-order valence-electron chi connectivity index (χ0n) is 12.6. The molecule has 0 aromatic carbocycles. The van der Waals surface area contributed by atoms with Crippen molar-refractivity contribution in [2.45, 2.75) is 38.0 Å². The van der Waals surface area contributed by atoms with Gasteiger partial charge in [0.05, 0.1) is 23.3 Å². The van der Waals surface area contributed by atoms with Gasteiger partial charge in [0.15, 0.2) is 5.65 Å². The van der Waals surface area contributed by atoms with Crippen molar-refractivity contribution in [1.29, 1.82) is 0 Å². The zero-order valence-corrected chi connectivity index (χ0v) is 13.4. The third-order valence-electron chi connectivity index (χ3n) is 4.17. The highest BCUT2D eigenvalue weighted by molar-refractivity contribution is 7.09. The summed E-state index contributed by atoms with van der Waals surface area (Å²) in [5, 5.41) is 10.2. The summed E-state index contributed by atoms with van der Waals surface area (Å²) < 4.78 is 1.64. The van der Waals surface area contributed by atoms with E-state index in [1.165, 1.54) is 30.7 Å². The average Bonchev–Trinajstić information content (AvgIpc) is 3.27. The third-order valence-corrected chi connectivity index (χ3v) is 5.23. The second kappa shape index (κ2) is 6.08. The first kappa shape index (κ1) is 14.3. The molecule has 3 aromatic rings. The zero-order chi connectivity index (χ0) is 15.6. The number of carbonyl (C=O) groups is 1. The number of aromatic nitrogens is 4. The van der Waals surface area contributed by atoms with Gasteiger partial charge in [0.2, 0.25) is 5.91 Å². The van der Waals surface area contributed by atoms with Gasteiger partial charge in [0.25, 0.3) is 0 Å². The van der Waals surface area contributed by atoms with Crippen LogP contribution in [0, 0.1) is 0 Å². The second-order valence-corrected chi connectivity index (χ2v) is 6.72. The van der Waals surface area contributed by atoms with E-state index in [-0.39, 0.29) is 12.3 Å². The Hall–Kier alpha value is -2.28. The van der Waals surface area contributed by atoms with Gasteiger partial charge < -0.3 is 5.32 Å². The monoisotopic (exact) mass is 327 g/mol. The van der Waals surface area contributed by atoms with Crippen LogP contribution < -0.4 is 5.32 Å². The molecule has 1 saturated carbocycles. The maximum absolute atomic E-state index is 12.2. The highest BCUT2D eigenvalue weighted by Gasteiger charge is 2.20. The summed E-state index contributed by atoms with van der Waals surface area (Å²) in [5.74, 6) is 0.509. The standard InChI is InChI=1S/C16H17N5OS/c22-14(20-13-9-18-21-7-3-6-17-15(13)21)8-12-10-23-16(19-12)11-4-1-2-5-11/h3,6-7,9-11H,1-2,4-5,8H2,(H,20,22). The molecule has 3 heterocycles. The predicted molar refractivity (Wildman–Crippen MR) is 88.6 cm³/mol. The molecule has 23 heavy (non-hydrogen) atoms. The van der Waals surface area contributed by atoms with Gasteiger partial charge in [-0.2, -0.15) is 5.10 Å². The van der Waals surface area contributed by atoms with Gasteiger partial charge >= 0.3 is 0 Å². The first-order chi connectivity index (χ1) is 11.3. The van der Waals surface area contributed by atoms with Crippen molar-refractivity contribution in [3.8, 4) is 0 Å². The van der Waals surface area contributed by atoms with Crippen LogP contribution in [0.25, 0.3) is 5.65 Å². The molecule has 6 nitrogen and oxygen atoms in total. The van der Waals surface area contributed by atoms with Crippen molar-refractivity contribution >= 4 is 28.6 Å². The van der Waals surface area contributed by atoms with Crippen molar-refractivity contribution in [2.75, 3.05) is 5.32 Å². The SMILES string of the molecule is O=C(Cc1csc(C2CCCC2)n1)Nc1cnn2cccnc12.